The van der Waals surface area contributed by atoms with E-state index in [1.165, 1.54) is 22.7 Å². The molecule has 0 spiro atoms. The minimum absolute atomic E-state index is 0.172. The predicted molar refractivity (Wildman–Crippen MR) is 59.5 cm³/mol. The summed E-state index contributed by atoms with van der Waals surface area (Å²) in [6.45, 7) is 0. The molecule has 0 aliphatic heterocycles. The van der Waals surface area contributed by atoms with Crippen LogP contribution < -0.4 is 0 Å². The van der Waals surface area contributed by atoms with Gasteiger partial charge >= 0.3 is 0 Å². The molecule has 96 valence electrons. The third-order valence-corrected chi connectivity index (χ3v) is 2.51. The Morgan fingerprint density at radius 1 is 1.05 bits per heavy atom. The zero-order valence-corrected chi connectivity index (χ0v) is 9.25. The molecule has 0 saturated heterocycles. The Morgan fingerprint density at radius 2 is 1.74 bits per heavy atom. The average molecular weight is 264 g/mol. The molecule has 0 saturated carbocycles. The number of imidazole rings is 1. The number of aromatic hydroxyl groups is 2. The first-order valence-electron chi connectivity index (χ1n) is 5.14. The van der Waals surface area contributed by atoms with Gasteiger partial charge in [-0.15, -0.1) is 0 Å². The lowest BCUT2D eigenvalue weighted by molar-refractivity contribution is 0.363. The van der Waals surface area contributed by atoms with Gasteiger partial charge in [-0.1, -0.05) is 0 Å². The molecule has 3 rings (SSSR count). The van der Waals surface area contributed by atoms with Crippen LogP contribution in [0.5, 0.6) is 11.8 Å². The number of hydrogen-bond acceptors (Lipinski definition) is 5. The summed E-state index contributed by atoms with van der Waals surface area (Å²) < 4.78 is 27.5. The summed E-state index contributed by atoms with van der Waals surface area (Å²) in [6, 6.07) is 2.66. The Hall–Kier alpha value is -2.77. The largest absolute Gasteiger partial charge is 0.491 e. The molecule has 3 heterocycles. The monoisotopic (exact) mass is 264 g/mol. The van der Waals surface area contributed by atoms with Gasteiger partial charge in [-0.05, 0) is 12.1 Å². The second kappa shape index (κ2) is 3.87. The highest BCUT2D eigenvalue weighted by Gasteiger charge is 2.16. The Morgan fingerprint density at radius 3 is 2.42 bits per heavy atom. The van der Waals surface area contributed by atoms with Crippen LogP contribution in [0.1, 0.15) is 0 Å². The molecule has 0 fully saturated rings. The Labute approximate surface area is 104 Å². The van der Waals surface area contributed by atoms with Crippen LogP contribution in [0.2, 0.25) is 0 Å². The van der Waals surface area contributed by atoms with E-state index in [4.69, 9.17) is 0 Å². The quantitative estimate of drug-likeness (QED) is 0.695. The predicted octanol–water partition coefficient (Wildman–Crippen LogP) is 1.48. The summed E-state index contributed by atoms with van der Waals surface area (Å²) in [5.74, 6) is -3.98. The fourth-order valence-corrected chi connectivity index (χ4v) is 1.66. The van der Waals surface area contributed by atoms with Crippen molar-refractivity contribution in [3.05, 3.63) is 36.2 Å². The van der Waals surface area contributed by atoms with E-state index in [1.54, 1.807) is 0 Å². The van der Waals surface area contributed by atoms with Gasteiger partial charge in [0.1, 0.15) is 17.2 Å². The van der Waals surface area contributed by atoms with E-state index in [0.29, 0.717) is 5.65 Å². The molecule has 0 aromatic carbocycles. The van der Waals surface area contributed by atoms with Crippen LogP contribution in [-0.4, -0.2) is 29.6 Å². The summed E-state index contributed by atoms with van der Waals surface area (Å²) in [7, 11) is 0. The van der Waals surface area contributed by atoms with Gasteiger partial charge in [0.25, 0.3) is 11.8 Å². The van der Waals surface area contributed by atoms with Gasteiger partial charge < -0.3 is 10.2 Å². The maximum absolute atomic E-state index is 13.2. The van der Waals surface area contributed by atoms with Crippen molar-refractivity contribution in [2.75, 3.05) is 0 Å². The van der Waals surface area contributed by atoms with Crippen molar-refractivity contribution in [3.63, 3.8) is 0 Å². The minimum atomic E-state index is -1.32. The number of aromatic nitrogens is 4. The molecule has 0 unspecified atom stereocenters. The highest BCUT2D eigenvalue weighted by Crippen LogP contribution is 2.25. The third kappa shape index (κ3) is 1.73. The topological polar surface area (TPSA) is 83.5 Å². The normalized spacial score (nSPS) is 11.1. The highest BCUT2D eigenvalue weighted by molar-refractivity contribution is 5.57. The lowest BCUT2D eigenvalue weighted by Gasteiger charge is -2.03. The van der Waals surface area contributed by atoms with Gasteiger partial charge in [0.15, 0.2) is 5.82 Å². The summed E-state index contributed by atoms with van der Waals surface area (Å²) in [4.78, 5) is 10.9. The Bertz CT molecular complexity index is 764. The maximum Gasteiger partial charge on any atom is 0.255 e. The molecule has 0 aliphatic rings. The summed E-state index contributed by atoms with van der Waals surface area (Å²) >= 11 is 0. The van der Waals surface area contributed by atoms with Crippen LogP contribution >= 0.6 is 0 Å². The fraction of sp³-hybridized carbons (Fsp3) is 0. The number of halogens is 2. The maximum atomic E-state index is 13.2. The number of nitrogens with zero attached hydrogens (tertiary/aromatic N) is 4. The first-order valence-corrected chi connectivity index (χ1v) is 5.14. The van der Waals surface area contributed by atoms with Crippen LogP contribution in [0, 0.1) is 11.6 Å². The lowest BCUT2D eigenvalue weighted by Crippen LogP contribution is -1.96. The van der Waals surface area contributed by atoms with Crippen molar-refractivity contribution in [2.24, 2.45) is 0 Å². The van der Waals surface area contributed by atoms with Crippen LogP contribution in [0.25, 0.3) is 17.2 Å². The second-order valence-electron chi connectivity index (χ2n) is 3.73. The van der Waals surface area contributed by atoms with E-state index < -0.39 is 23.4 Å². The van der Waals surface area contributed by atoms with Crippen molar-refractivity contribution >= 4 is 5.65 Å². The minimum Gasteiger partial charge on any atom is -0.491 e. The first kappa shape index (κ1) is 11.3. The van der Waals surface area contributed by atoms with E-state index in [0.717, 1.165) is 6.20 Å². The molecule has 19 heavy (non-hydrogen) atoms. The van der Waals surface area contributed by atoms with Gasteiger partial charge in [-0.25, -0.2) is 9.37 Å². The molecule has 3 aromatic heterocycles. The van der Waals surface area contributed by atoms with E-state index in [-0.39, 0.29) is 11.5 Å². The van der Waals surface area contributed by atoms with Gasteiger partial charge in [0.05, 0.1) is 6.20 Å². The van der Waals surface area contributed by atoms with E-state index in [2.05, 4.69) is 15.0 Å². The zero-order chi connectivity index (χ0) is 13.6. The van der Waals surface area contributed by atoms with E-state index in [1.807, 2.05) is 0 Å². The number of pyridine rings is 1. The lowest BCUT2D eigenvalue weighted by atomic mass is 10.4. The fourth-order valence-electron chi connectivity index (χ4n) is 1.66. The molecular formula is C11H6F2N4O2. The second-order valence-corrected chi connectivity index (χ2v) is 3.73. The van der Waals surface area contributed by atoms with Gasteiger partial charge in [0.2, 0.25) is 5.82 Å². The Balaban J connectivity index is 2.27. The molecular weight excluding hydrogens is 258 g/mol. The van der Waals surface area contributed by atoms with Crippen LogP contribution in [0.15, 0.2) is 24.5 Å². The van der Waals surface area contributed by atoms with Crippen molar-refractivity contribution in [3.8, 4) is 23.3 Å². The first-order chi connectivity index (χ1) is 9.06. The summed E-state index contributed by atoms with van der Waals surface area (Å²) in [5.41, 5.74) is 0.628. The number of fused-ring (bicyclic) bond motifs is 1. The average Bonchev–Trinajstić information content (AvgIpc) is 2.78. The molecule has 0 atom stereocenters. The Kier molecular flexibility index (Phi) is 2.31. The molecule has 0 radical (unpaired) electrons. The molecule has 0 bridgehead atoms. The molecule has 8 heteroatoms. The molecule has 0 aliphatic carbocycles. The van der Waals surface area contributed by atoms with Crippen molar-refractivity contribution in [1.82, 2.24) is 19.4 Å². The van der Waals surface area contributed by atoms with E-state index >= 15 is 0 Å². The number of rotatable bonds is 1. The van der Waals surface area contributed by atoms with Crippen LogP contribution in [-0.2, 0) is 0 Å². The molecule has 3 aromatic rings. The highest BCUT2D eigenvalue weighted by atomic mass is 19.1. The van der Waals surface area contributed by atoms with Crippen molar-refractivity contribution in [2.45, 2.75) is 0 Å². The van der Waals surface area contributed by atoms with Gasteiger partial charge in [0, 0.05) is 6.20 Å². The third-order valence-electron chi connectivity index (χ3n) is 2.51. The van der Waals surface area contributed by atoms with Gasteiger partial charge in [-0.3, -0.25) is 4.40 Å². The molecule has 2 N–H and O–H groups in total. The molecule has 6 nitrogen and oxygen atoms in total. The van der Waals surface area contributed by atoms with Crippen LogP contribution in [0.3, 0.4) is 0 Å². The summed E-state index contributed by atoms with van der Waals surface area (Å²) in [5, 5.41) is 18.4. The van der Waals surface area contributed by atoms with Crippen molar-refractivity contribution < 1.29 is 19.0 Å². The zero-order valence-electron chi connectivity index (χ0n) is 9.25. The standard InChI is InChI=1S/C11H6F2N4O2/c12-5-1-2-7-14-3-6(17(7)4-5)9-15-10(18)8(13)11(19)16-9/h1-4H,(H2,15,16,18,19). The van der Waals surface area contributed by atoms with Crippen LogP contribution in [0.4, 0.5) is 8.78 Å². The molecule has 0 amide bonds. The van der Waals surface area contributed by atoms with E-state index in [9.17, 15) is 19.0 Å². The van der Waals surface area contributed by atoms with Gasteiger partial charge in [-0.2, -0.15) is 14.4 Å². The smallest absolute Gasteiger partial charge is 0.255 e. The van der Waals surface area contributed by atoms with Crippen molar-refractivity contribution in [1.29, 1.82) is 0 Å². The number of hydrogen-bond donors (Lipinski definition) is 2. The SMILES string of the molecule is Oc1nc(-c2cnc3ccc(F)cn23)nc(O)c1F. The summed E-state index contributed by atoms with van der Waals surface area (Å²) in [6.07, 6.45) is 2.46.